The summed E-state index contributed by atoms with van der Waals surface area (Å²) in [6.45, 7) is 1.83. The van der Waals surface area contributed by atoms with Crippen LogP contribution >= 0.6 is 34.5 Å². The monoisotopic (exact) mass is 516 g/mol. The van der Waals surface area contributed by atoms with Gasteiger partial charge in [0.2, 0.25) is 0 Å². The Morgan fingerprint density at radius 2 is 1.80 bits per heavy atom. The van der Waals surface area contributed by atoms with E-state index in [1.54, 1.807) is 42.6 Å². The molecule has 5 aromatic rings. The van der Waals surface area contributed by atoms with Crippen LogP contribution in [-0.4, -0.2) is 25.8 Å². The van der Waals surface area contributed by atoms with E-state index in [1.807, 2.05) is 19.1 Å². The number of hydrogen-bond donors (Lipinski definition) is 1. The van der Waals surface area contributed by atoms with Crippen molar-refractivity contribution in [2.75, 3.05) is 5.32 Å². The average Bonchev–Trinajstić information content (AvgIpc) is 3.26. The van der Waals surface area contributed by atoms with E-state index < -0.39 is 5.91 Å². The summed E-state index contributed by atoms with van der Waals surface area (Å²) in [5.74, 6) is -0.394. The number of nitrogens with one attached hydrogen (secondary N) is 1. The highest BCUT2D eigenvalue weighted by Crippen LogP contribution is 2.34. The lowest BCUT2D eigenvalue weighted by molar-refractivity contribution is 0.102. The van der Waals surface area contributed by atoms with Gasteiger partial charge in [0.15, 0.2) is 15.6 Å². The fourth-order valence-electron chi connectivity index (χ4n) is 3.46. The molecule has 3 heterocycles. The van der Waals surface area contributed by atoms with E-state index in [0.717, 1.165) is 11.3 Å². The predicted molar refractivity (Wildman–Crippen MR) is 138 cm³/mol. The molecule has 0 fully saturated rings. The van der Waals surface area contributed by atoms with E-state index in [-0.39, 0.29) is 0 Å². The summed E-state index contributed by atoms with van der Waals surface area (Å²) < 4.78 is 0. The maximum atomic E-state index is 13.2. The maximum absolute atomic E-state index is 13.2. The van der Waals surface area contributed by atoms with Crippen LogP contribution in [0.4, 0.5) is 5.13 Å². The minimum Gasteiger partial charge on any atom is -0.298 e. The van der Waals surface area contributed by atoms with E-state index in [0.29, 0.717) is 53.6 Å². The number of fused-ring (bicyclic) bond motifs is 1. The molecule has 0 aliphatic rings. The second kappa shape index (κ2) is 9.39. The molecular weight excluding hydrogens is 503 g/mol. The topological polar surface area (TPSA) is 104 Å². The highest BCUT2D eigenvalue weighted by atomic mass is 35.5. The number of halogens is 2. The van der Waals surface area contributed by atoms with Crippen molar-refractivity contribution in [3.05, 3.63) is 87.8 Å². The summed E-state index contributed by atoms with van der Waals surface area (Å²) >= 11 is 13.8. The Morgan fingerprint density at radius 3 is 2.57 bits per heavy atom. The zero-order valence-electron chi connectivity index (χ0n) is 18.1. The number of carbonyl (C=O) groups is 1. The van der Waals surface area contributed by atoms with Gasteiger partial charge in [-0.05, 0) is 48.9 Å². The Kier molecular flexibility index (Phi) is 6.14. The Hall–Kier alpha value is -3.90. The molecule has 5 rings (SSSR count). The number of rotatable bonds is 4. The van der Waals surface area contributed by atoms with Gasteiger partial charge in [-0.1, -0.05) is 46.7 Å². The van der Waals surface area contributed by atoms with E-state index in [4.69, 9.17) is 28.5 Å². The number of benzene rings is 2. The van der Waals surface area contributed by atoms with Crippen LogP contribution in [0.1, 0.15) is 21.6 Å². The average molecular weight is 517 g/mol. The van der Waals surface area contributed by atoms with Gasteiger partial charge in [0.1, 0.15) is 0 Å². The van der Waals surface area contributed by atoms with Crippen LogP contribution in [0.5, 0.6) is 0 Å². The summed E-state index contributed by atoms with van der Waals surface area (Å²) in [7, 11) is 0. The van der Waals surface area contributed by atoms with Gasteiger partial charge in [-0.25, -0.2) is 9.97 Å². The third-order valence-electron chi connectivity index (χ3n) is 5.16. The quantitative estimate of drug-likeness (QED) is 0.290. The lowest BCUT2D eigenvalue weighted by atomic mass is 10.00. The van der Waals surface area contributed by atoms with Crippen molar-refractivity contribution in [1.82, 2.24) is 19.9 Å². The molecule has 170 valence electrons. The lowest BCUT2D eigenvalue weighted by Gasteiger charge is -2.11. The number of nitriles is 1. The van der Waals surface area contributed by atoms with Gasteiger partial charge in [-0.2, -0.15) is 10.2 Å². The molecule has 0 atom stereocenters. The summed E-state index contributed by atoms with van der Waals surface area (Å²) in [4.78, 5) is 31.5. The number of amides is 1. The highest BCUT2D eigenvalue weighted by molar-refractivity contribution is 7.21. The first-order valence-corrected chi connectivity index (χ1v) is 11.9. The SMILES string of the molecule is Cc1cc(-c2cc(Cl)ccc2Cl)c(C(=O)Nc2nc3ncc(-c4ccc(C#N)cc4)nc3s2)cn1. The van der Waals surface area contributed by atoms with E-state index in [9.17, 15) is 4.79 Å². The molecule has 1 amide bonds. The van der Waals surface area contributed by atoms with Crippen molar-refractivity contribution in [2.24, 2.45) is 0 Å². The third kappa shape index (κ3) is 4.70. The van der Waals surface area contributed by atoms with Gasteiger partial charge in [0.05, 0.1) is 29.1 Å². The molecule has 1 N–H and O–H groups in total. The molecular formula is C25H14Cl2N6OS. The van der Waals surface area contributed by atoms with Crippen molar-refractivity contribution in [3.63, 3.8) is 0 Å². The number of nitrogens with zero attached hydrogens (tertiary/aromatic N) is 5. The van der Waals surface area contributed by atoms with Crippen LogP contribution in [0.3, 0.4) is 0 Å². The van der Waals surface area contributed by atoms with Gasteiger partial charge in [0, 0.05) is 33.1 Å². The van der Waals surface area contributed by atoms with Crippen molar-refractivity contribution < 1.29 is 4.79 Å². The molecule has 10 heteroatoms. The van der Waals surface area contributed by atoms with Gasteiger partial charge in [-0.3, -0.25) is 15.1 Å². The van der Waals surface area contributed by atoms with Crippen LogP contribution < -0.4 is 5.32 Å². The van der Waals surface area contributed by atoms with Gasteiger partial charge < -0.3 is 0 Å². The van der Waals surface area contributed by atoms with E-state index in [2.05, 4.69) is 31.3 Å². The molecule has 0 bridgehead atoms. The van der Waals surface area contributed by atoms with Crippen molar-refractivity contribution in [3.8, 4) is 28.5 Å². The van der Waals surface area contributed by atoms with Crippen LogP contribution in [0, 0.1) is 18.3 Å². The standard InChI is InChI=1S/C25H14Cl2N6OS/c1-13-8-17(18-9-16(26)6-7-20(18)27)19(11-29-13)23(34)33-25-32-22-24(35-25)31-21(12-30-22)15-4-2-14(10-28)3-5-15/h2-9,11-12H,1H3,(H,30,32,33,34). The third-order valence-corrected chi connectivity index (χ3v) is 6.58. The summed E-state index contributed by atoms with van der Waals surface area (Å²) in [5.41, 5.74) is 4.76. The molecule has 0 aliphatic carbocycles. The number of hydrogen-bond acceptors (Lipinski definition) is 7. The molecule has 0 radical (unpaired) electrons. The molecule has 2 aromatic carbocycles. The lowest BCUT2D eigenvalue weighted by Crippen LogP contribution is -2.14. The molecule has 35 heavy (non-hydrogen) atoms. The summed E-state index contributed by atoms with van der Waals surface area (Å²) in [6, 6.07) is 16.0. The first kappa shape index (κ1) is 22.9. The summed E-state index contributed by atoms with van der Waals surface area (Å²) in [6.07, 6.45) is 3.11. The largest absolute Gasteiger partial charge is 0.298 e. The Morgan fingerprint density at radius 1 is 1.00 bits per heavy atom. The Labute approximate surface area is 214 Å². The first-order valence-electron chi connectivity index (χ1n) is 10.3. The fourth-order valence-corrected chi connectivity index (χ4v) is 4.65. The van der Waals surface area contributed by atoms with E-state index in [1.165, 1.54) is 17.5 Å². The highest BCUT2D eigenvalue weighted by Gasteiger charge is 2.19. The van der Waals surface area contributed by atoms with Crippen LogP contribution in [0.25, 0.3) is 32.9 Å². The van der Waals surface area contributed by atoms with Gasteiger partial charge in [0.25, 0.3) is 5.91 Å². The van der Waals surface area contributed by atoms with Crippen molar-refractivity contribution >= 4 is 56.1 Å². The van der Waals surface area contributed by atoms with Gasteiger partial charge >= 0.3 is 0 Å². The van der Waals surface area contributed by atoms with Crippen LogP contribution in [0.2, 0.25) is 10.0 Å². The molecule has 0 saturated carbocycles. The second-order valence-corrected chi connectivity index (χ2v) is 9.36. The minimum atomic E-state index is -0.394. The number of thiazole rings is 1. The molecule has 0 saturated heterocycles. The number of pyridine rings is 1. The van der Waals surface area contributed by atoms with Gasteiger partial charge in [-0.15, -0.1) is 0 Å². The maximum Gasteiger partial charge on any atom is 0.259 e. The van der Waals surface area contributed by atoms with Crippen LogP contribution in [-0.2, 0) is 0 Å². The zero-order chi connectivity index (χ0) is 24.5. The predicted octanol–water partition coefficient (Wildman–Crippen LogP) is 6.55. The summed E-state index contributed by atoms with van der Waals surface area (Å²) in [5, 5.41) is 13.1. The minimum absolute atomic E-state index is 0.332. The zero-order valence-corrected chi connectivity index (χ0v) is 20.4. The number of carbonyl (C=O) groups excluding carboxylic acids is 1. The Balaban J connectivity index is 1.46. The molecule has 0 unspecified atom stereocenters. The van der Waals surface area contributed by atoms with E-state index >= 15 is 0 Å². The fraction of sp³-hybridized carbons (Fsp3) is 0.0400. The molecule has 0 spiro atoms. The molecule has 0 aliphatic heterocycles. The second-order valence-electron chi connectivity index (χ2n) is 7.54. The van der Waals surface area contributed by atoms with Crippen molar-refractivity contribution in [2.45, 2.75) is 6.92 Å². The van der Waals surface area contributed by atoms with Crippen LogP contribution in [0.15, 0.2) is 60.9 Å². The molecule has 7 nitrogen and oxygen atoms in total. The number of anilines is 1. The van der Waals surface area contributed by atoms with Crippen molar-refractivity contribution in [1.29, 1.82) is 5.26 Å². The number of aryl methyl sites for hydroxylation is 1. The molecule has 3 aromatic heterocycles. The smallest absolute Gasteiger partial charge is 0.259 e. The number of aromatic nitrogens is 4. The normalized spacial score (nSPS) is 10.8. The Bertz CT molecular complexity index is 1640. The first-order chi connectivity index (χ1) is 16.9.